The molecule has 0 saturated heterocycles. The molecule has 0 bridgehead atoms. The number of amides is 2. The van der Waals surface area contributed by atoms with E-state index in [1.807, 2.05) is 43.3 Å². The van der Waals surface area contributed by atoms with E-state index in [2.05, 4.69) is 29.5 Å². The molecule has 122 valence electrons. The molecule has 5 nitrogen and oxygen atoms in total. The monoisotopic (exact) mass is 313 g/mol. The predicted molar refractivity (Wildman–Crippen MR) is 91.7 cm³/mol. The summed E-state index contributed by atoms with van der Waals surface area (Å²) in [6.07, 6.45) is 1.18. The first kappa shape index (κ1) is 16.8. The summed E-state index contributed by atoms with van der Waals surface area (Å²) in [4.78, 5) is 16.2. The van der Waals surface area contributed by atoms with Crippen molar-refractivity contribution < 1.29 is 9.53 Å². The van der Waals surface area contributed by atoms with E-state index in [4.69, 9.17) is 4.74 Å². The average molecular weight is 313 g/mol. The van der Waals surface area contributed by atoms with Gasteiger partial charge in [0.1, 0.15) is 11.6 Å². The molecule has 0 spiro atoms. The minimum absolute atomic E-state index is 0.346. The van der Waals surface area contributed by atoms with Gasteiger partial charge in [0.05, 0.1) is 0 Å². The van der Waals surface area contributed by atoms with Crippen molar-refractivity contribution >= 4 is 11.8 Å². The van der Waals surface area contributed by atoms with Crippen LogP contribution in [-0.2, 0) is 0 Å². The molecule has 0 aliphatic rings. The van der Waals surface area contributed by atoms with Crippen LogP contribution in [0.3, 0.4) is 0 Å². The quantitative estimate of drug-likeness (QED) is 0.818. The highest BCUT2D eigenvalue weighted by Crippen LogP contribution is 2.26. The van der Waals surface area contributed by atoms with E-state index in [0.29, 0.717) is 11.7 Å². The van der Waals surface area contributed by atoms with Crippen molar-refractivity contribution in [2.75, 3.05) is 5.32 Å². The third kappa shape index (κ3) is 4.71. The molecule has 2 N–H and O–H groups in total. The predicted octanol–water partition coefficient (Wildman–Crippen LogP) is 4.06. The molecule has 1 aromatic heterocycles. The smallest absolute Gasteiger partial charge is 0.323 e. The Bertz CT molecular complexity index is 671. The van der Waals surface area contributed by atoms with Crippen molar-refractivity contribution in [2.24, 2.45) is 0 Å². The molecule has 0 fully saturated rings. The van der Waals surface area contributed by atoms with Gasteiger partial charge < -0.3 is 10.1 Å². The zero-order valence-electron chi connectivity index (χ0n) is 14.0. The number of nitrogens with zero attached hydrogens (tertiary/aromatic N) is 1. The number of para-hydroxylation sites is 1. The lowest BCUT2D eigenvalue weighted by molar-refractivity contribution is 0.181. The van der Waals surface area contributed by atoms with Crippen LogP contribution in [0.15, 0.2) is 42.6 Å². The van der Waals surface area contributed by atoms with Gasteiger partial charge in [-0.1, -0.05) is 38.1 Å². The molecule has 2 rings (SSSR count). The number of urea groups is 1. The van der Waals surface area contributed by atoms with Crippen LogP contribution >= 0.6 is 0 Å². The normalized spacial score (nSPS) is 11.9. The van der Waals surface area contributed by atoms with E-state index in [1.165, 1.54) is 0 Å². The Morgan fingerprint density at radius 1 is 1.13 bits per heavy atom. The fourth-order valence-electron chi connectivity index (χ4n) is 2.23. The standard InChI is InChI=1S/C18H23N3O2/c1-12(2)15-9-5-6-10-16(15)23-14(4)20-18(22)21-17-13(3)8-7-11-19-17/h5-12,14H,1-4H3,(H2,19,20,21,22). The van der Waals surface area contributed by atoms with Gasteiger partial charge in [-0.05, 0) is 43.0 Å². The number of carbonyl (C=O) groups is 1. The van der Waals surface area contributed by atoms with Crippen molar-refractivity contribution in [3.8, 4) is 5.75 Å². The summed E-state index contributed by atoms with van der Waals surface area (Å²) in [5.41, 5.74) is 2.02. The Morgan fingerprint density at radius 3 is 2.57 bits per heavy atom. The van der Waals surface area contributed by atoms with Crippen LogP contribution in [0.1, 0.15) is 37.8 Å². The highest BCUT2D eigenvalue weighted by atomic mass is 16.5. The van der Waals surface area contributed by atoms with Gasteiger partial charge in [0.25, 0.3) is 0 Å². The summed E-state index contributed by atoms with van der Waals surface area (Å²) in [6, 6.07) is 11.2. The Kier molecular flexibility index (Phi) is 5.57. The van der Waals surface area contributed by atoms with Crippen LogP contribution in [0.5, 0.6) is 5.75 Å². The number of ether oxygens (including phenoxy) is 1. The third-order valence-electron chi connectivity index (χ3n) is 3.42. The van der Waals surface area contributed by atoms with Crippen LogP contribution in [-0.4, -0.2) is 17.2 Å². The lowest BCUT2D eigenvalue weighted by atomic mass is 10.0. The van der Waals surface area contributed by atoms with Gasteiger partial charge in [0.2, 0.25) is 0 Å². The maximum absolute atomic E-state index is 12.0. The van der Waals surface area contributed by atoms with Crippen molar-refractivity contribution in [3.63, 3.8) is 0 Å². The van der Waals surface area contributed by atoms with Gasteiger partial charge in [-0.2, -0.15) is 0 Å². The topological polar surface area (TPSA) is 63.2 Å². The zero-order chi connectivity index (χ0) is 16.8. The van der Waals surface area contributed by atoms with E-state index in [0.717, 1.165) is 16.9 Å². The minimum Gasteiger partial charge on any atom is -0.471 e. The number of pyridine rings is 1. The van der Waals surface area contributed by atoms with Crippen LogP contribution in [0, 0.1) is 6.92 Å². The lowest BCUT2D eigenvalue weighted by Gasteiger charge is -2.20. The number of carbonyl (C=O) groups excluding carboxylic acids is 1. The summed E-state index contributed by atoms with van der Waals surface area (Å²) in [5.74, 6) is 1.67. The van der Waals surface area contributed by atoms with E-state index < -0.39 is 6.23 Å². The summed E-state index contributed by atoms with van der Waals surface area (Å²) >= 11 is 0. The van der Waals surface area contributed by atoms with E-state index in [9.17, 15) is 4.79 Å². The molecule has 2 aromatic rings. The number of benzene rings is 1. The Balaban J connectivity index is 1.96. The van der Waals surface area contributed by atoms with Crippen molar-refractivity contribution in [3.05, 3.63) is 53.7 Å². The molecule has 1 atom stereocenters. The first-order chi connectivity index (χ1) is 11.0. The highest BCUT2D eigenvalue weighted by Gasteiger charge is 2.13. The fraction of sp³-hybridized carbons (Fsp3) is 0.333. The maximum atomic E-state index is 12.0. The third-order valence-corrected chi connectivity index (χ3v) is 3.42. The second-order valence-corrected chi connectivity index (χ2v) is 5.72. The lowest BCUT2D eigenvalue weighted by Crippen LogP contribution is -2.40. The number of hydrogen-bond donors (Lipinski definition) is 2. The number of aromatic nitrogens is 1. The van der Waals surface area contributed by atoms with Gasteiger partial charge in [0.15, 0.2) is 6.23 Å². The molecule has 2 amide bonds. The first-order valence-corrected chi connectivity index (χ1v) is 7.72. The second-order valence-electron chi connectivity index (χ2n) is 5.72. The number of nitrogens with one attached hydrogen (secondary N) is 2. The summed E-state index contributed by atoms with van der Waals surface area (Å²) in [6.45, 7) is 7.90. The number of rotatable bonds is 5. The largest absolute Gasteiger partial charge is 0.471 e. The van der Waals surface area contributed by atoms with Gasteiger partial charge in [-0.3, -0.25) is 5.32 Å². The SMILES string of the molecule is Cc1cccnc1NC(=O)NC(C)Oc1ccccc1C(C)C. The minimum atomic E-state index is -0.459. The van der Waals surface area contributed by atoms with Crippen LogP contribution in [0.4, 0.5) is 10.6 Å². The molecular formula is C18H23N3O2. The van der Waals surface area contributed by atoms with Gasteiger partial charge in [-0.25, -0.2) is 9.78 Å². The average Bonchev–Trinajstić information content (AvgIpc) is 2.49. The Hall–Kier alpha value is -2.56. The molecule has 0 radical (unpaired) electrons. The maximum Gasteiger partial charge on any atom is 0.323 e. The summed E-state index contributed by atoms with van der Waals surface area (Å²) in [7, 11) is 0. The van der Waals surface area contributed by atoms with E-state index in [-0.39, 0.29) is 6.03 Å². The van der Waals surface area contributed by atoms with Crippen molar-refractivity contribution in [2.45, 2.75) is 39.8 Å². The second kappa shape index (κ2) is 7.63. The van der Waals surface area contributed by atoms with Gasteiger partial charge in [0, 0.05) is 6.20 Å². The summed E-state index contributed by atoms with van der Waals surface area (Å²) < 4.78 is 5.85. The molecule has 1 unspecified atom stereocenters. The number of aryl methyl sites for hydroxylation is 1. The van der Waals surface area contributed by atoms with Crippen molar-refractivity contribution in [1.82, 2.24) is 10.3 Å². The Labute approximate surface area is 137 Å². The van der Waals surface area contributed by atoms with Crippen LogP contribution < -0.4 is 15.4 Å². The molecule has 0 aliphatic heterocycles. The molecule has 0 saturated carbocycles. The number of hydrogen-bond acceptors (Lipinski definition) is 3. The highest BCUT2D eigenvalue weighted by molar-refractivity contribution is 5.88. The van der Waals surface area contributed by atoms with Gasteiger partial charge in [-0.15, -0.1) is 0 Å². The van der Waals surface area contributed by atoms with E-state index >= 15 is 0 Å². The van der Waals surface area contributed by atoms with Crippen LogP contribution in [0.2, 0.25) is 0 Å². The molecule has 5 heteroatoms. The molecule has 1 heterocycles. The molecule has 23 heavy (non-hydrogen) atoms. The van der Waals surface area contributed by atoms with Crippen LogP contribution in [0.25, 0.3) is 0 Å². The fourth-order valence-corrected chi connectivity index (χ4v) is 2.23. The number of anilines is 1. The molecule has 0 aliphatic carbocycles. The summed E-state index contributed by atoms with van der Waals surface area (Å²) in [5, 5.41) is 5.48. The van der Waals surface area contributed by atoms with Crippen molar-refractivity contribution in [1.29, 1.82) is 0 Å². The van der Waals surface area contributed by atoms with Gasteiger partial charge >= 0.3 is 6.03 Å². The van der Waals surface area contributed by atoms with E-state index in [1.54, 1.807) is 13.1 Å². The first-order valence-electron chi connectivity index (χ1n) is 7.72. The molecular weight excluding hydrogens is 290 g/mol. The Morgan fingerprint density at radius 2 is 1.87 bits per heavy atom. The molecule has 1 aromatic carbocycles. The zero-order valence-corrected chi connectivity index (χ0v) is 14.0.